The van der Waals surface area contributed by atoms with Crippen LogP contribution in [0.4, 0.5) is 34.1 Å². The third-order valence-corrected chi connectivity index (χ3v) is 15.5. The van der Waals surface area contributed by atoms with Crippen LogP contribution in [-0.4, -0.2) is 0 Å². The highest BCUT2D eigenvalue weighted by molar-refractivity contribution is 6.14. The fraction of sp³-hybridized carbons (Fsp3) is 0.0141. The number of rotatable bonds is 9. The van der Waals surface area contributed by atoms with Crippen LogP contribution in [0.25, 0.3) is 66.1 Å². The summed E-state index contributed by atoms with van der Waals surface area (Å²) in [6, 6.07) is 101. The molecule has 0 fully saturated rings. The molecule has 2 heterocycles. The Balaban J connectivity index is 0.963. The van der Waals surface area contributed by atoms with Crippen molar-refractivity contribution in [3.05, 3.63) is 301 Å². The van der Waals surface area contributed by atoms with Crippen molar-refractivity contribution in [2.24, 2.45) is 0 Å². The number of fused-ring (bicyclic) bond motifs is 8. The second-order valence-electron chi connectivity index (χ2n) is 19.5. The topological polar surface area (TPSA) is 28.9 Å². The van der Waals surface area contributed by atoms with Crippen molar-refractivity contribution < 1.29 is 9.15 Å². The maximum absolute atomic E-state index is 7.05. The van der Waals surface area contributed by atoms with Gasteiger partial charge in [0.2, 0.25) is 0 Å². The van der Waals surface area contributed by atoms with Gasteiger partial charge in [0, 0.05) is 55.4 Å². The van der Waals surface area contributed by atoms with E-state index >= 15 is 0 Å². The Morgan fingerprint density at radius 3 is 1.60 bits per heavy atom. The molecule has 1 aliphatic heterocycles. The van der Waals surface area contributed by atoms with Crippen LogP contribution in [0.15, 0.2) is 283 Å². The largest absolute Gasteiger partial charge is 0.456 e. The van der Waals surface area contributed by atoms with Crippen LogP contribution in [0.3, 0.4) is 0 Å². The average molecular weight is 959 g/mol. The number of ether oxygens (including phenoxy) is 1. The highest BCUT2D eigenvalue weighted by atomic mass is 16.5. The number of hydrogen-bond donors (Lipinski definition) is 0. The molecule has 1 aliphatic carbocycles. The zero-order chi connectivity index (χ0) is 49.5. The molecule has 0 saturated carbocycles. The summed E-state index contributed by atoms with van der Waals surface area (Å²) in [4.78, 5) is 4.78. The summed E-state index contributed by atoms with van der Waals surface area (Å²) in [7, 11) is 0. The summed E-state index contributed by atoms with van der Waals surface area (Å²) in [5.41, 5.74) is 19.2. The Bertz CT molecular complexity index is 4240. The minimum Gasteiger partial charge on any atom is -0.456 e. The summed E-state index contributed by atoms with van der Waals surface area (Å²) >= 11 is 0. The van der Waals surface area contributed by atoms with Crippen molar-refractivity contribution in [2.75, 3.05) is 9.80 Å². The van der Waals surface area contributed by atoms with Gasteiger partial charge in [-0.25, -0.2) is 0 Å². The molecule has 12 aromatic carbocycles. The van der Waals surface area contributed by atoms with E-state index in [-0.39, 0.29) is 0 Å². The number of hydrogen-bond acceptors (Lipinski definition) is 4. The highest BCUT2D eigenvalue weighted by Gasteiger charge is 2.46. The highest BCUT2D eigenvalue weighted by Crippen LogP contribution is 2.59. The smallest absolute Gasteiger partial charge is 0.143 e. The molecule has 13 aromatic rings. The maximum atomic E-state index is 7.05. The van der Waals surface area contributed by atoms with Crippen LogP contribution >= 0.6 is 0 Å². The average Bonchev–Trinajstić information content (AvgIpc) is 4.14. The van der Waals surface area contributed by atoms with Gasteiger partial charge in [0.1, 0.15) is 22.7 Å². The molecule has 0 saturated heterocycles. The zero-order valence-corrected chi connectivity index (χ0v) is 40.8. The quantitative estimate of drug-likeness (QED) is 0.144. The molecule has 0 bridgehead atoms. The molecule has 352 valence electrons. The summed E-state index contributed by atoms with van der Waals surface area (Å²) in [5, 5.41) is 4.37. The summed E-state index contributed by atoms with van der Waals surface area (Å²) < 4.78 is 13.6. The van der Waals surface area contributed by atoms with E-state index in [1.807, 2.05) is 12.1 Å². The fourth-order valence-electron chi connectivity index (χ4n) is 12.4. The molecule has 4 heteroatoms. The van der Waals surface area contributed by atoms with Crippen molar-refractivity contribution in [3.8, 4) is 44.9 Å². The lowest BCUT2D eigenvalue weighted by atomic mass is 9.67. The minimum absolute atomic E-state index is 0.581. The van der Waals surface area contributed by atoms with Gasteiger partial charge in [0.05, 0.1) is 16.8 Å². The molecule has 0 atom stereocenters. The van der Waals surface area contributed by atoms with Crippen LogP contribution < -0.4 is 14.5 Å². The third-order valence-electron chi connectivity index (χ3n) is 15.5. The lowest BCUT2D eigenvalue weighted by Crippen LogP contribution is -2.28. The number of benzene rings is 12. The molecular weight excluding hydrogens is 913 g/mol. The van der Waals surface area contributed by atoms with Gasteiger partial charge in [0.25, 0.3) is 0 Å². The van der Waals surface area contributed by atoms with E-state index in [1.54, 1.807) is 0 Å². The Labute approximate surface area is 435 Å². The van der Waals surface area contributed by atoms with Crippen LogP contribution in [0.1, 0.15) is 22.3 Å². The molecule has 15 rings (SSSR count). The van der Waals surface area contributed by atoms with Gasteiger partial charge in [0.15, 0.2) is 0 Å². The van der Waals surface area contributed by atoms with E-state index in [0.29, 0.717) is 0 Å². The predicted molar refractivity (Wildman–Crippen MR) is 309 cm³/mol. The predicted octanol–water partition coefficient (Wildman–Crippen LogP) is 19.5. The van der Waals surface area contributed by atoms with Gasteiger partial charge in [-0.15, -0.1) is 0 Å². The first kappa shape index (κ1) is 42.8. The molecule has 0 spiro atoms. The van der Waals surface area contributed by atoms with Gasteiger partial charge in [-0.2, -0.15) is 0 Å². The molecule has 0 amide bonds. The van der Waals surface area contributed by atoms with Gasteiger partial charge in [-0.3, -0.25) is 0 Å². The Kier molecular flexibility index (Phi) is 9.76. The van der Waals surface area contributed by atoms with Crippen molar-refractivity contribution in [1.82, 2.24) is 0 Å². The van der Waals surface area contributed by atoms with E-state index in [0.717, 1.165) is 101 Å². The maximum Gasteiger partial charge on any atom is 0.143 e. The van der Waals surface area contributed by atoms with E-state index < -0.39 is 5.41 Å². The first-order valence-electron chi connectivity index (χ1n) is 25.7. The molecule has 4 nitrogen and oxygen atoms in total. The van der Waals surface area contributed by atoms with E-state index in [2.05, 4.69) is 277 Å². The van der Waals surface area contributed by atoms with Crippen molar-refractivity contribution >= 4 is 66.8 Å². The Morgan fingerprint density at radius 2 is 0.867 bits per heavy atom. The van der Waals surface area contributed by atoms with Gasteiger partial charge < -0.3 is 19.0 Å². The molecule has 0 unspecified atom stereocenters. The second kappa shape index (κ2) is 17.1. The molecular formula is C71H46N2O2. The monoisotopic (exact) mass is 958 g/mol. The Morgan fingerprint density at radius 1 is 0.320 bits per heavy atom. The van der Waals surface area contributed by atoms with Crippen molar-refractivity contribution in [1.29, 1.82) is 0 Å². The summed E-state index contributed by atoms with van der Waals surface area (Å²) in [6.07, 6.45) is 0. The number of para-hydroxylation sites is 4. The van der Waals surface area contributed by atoms with Gasteiger partial charge in [-0.1, -0.05) is 200 Å². The summed E-state index contributed by atoms with van der Waals surface area (Å²) in [6.45, 7) is 0. The second-order valence-corrected chi connectivity index (χ2v) is 19.5. The number of furan rings is 1. The fourth-order valence-corrected chi connectivity index (χ4v) is 12.4. The van der Waals surface area contributed by atoms with Gasteiger partial charge in [-0.05, 0) is 123 Å². The van der Waals surface area contributed by atoms with Crippen LogP contribution in [0.2, 0.25) is 0 Å². The standard InChI is InChI=1S/C71H46N2O2/c1-5-20-48(21-6-1)71(49-22-7-2-8-23-49)61-34-15-13-28-55(61)56-43-42-53(46-62(56)71)73(52-40-38-47(39-41-52)54-30-17-31-58-57-29-14-16-36-65(57)75-70(54)58)63-44-45-67-68-59(63)32-18-33-60(68)69-64(35-19-37-66(69)74-67)72(50-24-9-3-10-25-50)51-26-11-4-12-27-51/h1-46H. The van der Waals surface area contributed by atoms with E-state index in [4.69, 9.17) is 9.15 Å². The zero-order valence-electron chi connectivity index (χ0n) is 40.8. The van der Waals surface area contributed by atoms with E-state index in [1.165, 1.54) is 33.4 Å². The molecule has 0 radical (unpaired) electrons. The minimum atomic E-state index is -0.581. The first-order chi connectivity index (χ1) is 37.2. The number of anilines is 6. The van der Waals surface area contributed by atoms with Crippen molar-refractivity contribution in [2.45, 2.75) is 5.41 Å². The van der Waals surface area contributed by atoms with Gasteiger partial charge >= 0.3 is 0 Å². The summed E-state index contributed by atoms with van der Waals surface area (Å²) in [5.74, 6) is 1.64. The SMILES string of the molecule is c1ccc(N(c2ccccc2)c2cccc3c2-c2cccc4c(N(c5ccc(-c6cccc7c6oc6ccccc67)cc5)c5ccc6c(c5)C(c5ccccc5)(c5ccccc5)c5ccccc5-6)ccc(c24)O3)cc1. The van der Waals surface area contributed by atoms with Crippen LogP contribution in [0.5, 0.6) is 11.5 Å². The molecule has 0 N–H and O–H groups in total. The van der Waals surface area contributed by atoms with E-state index in [9.17, 15) is 0 Å². The molecule has 2 aliphatic rings. The van der Waals surface area contributed by atoms with Crippen molar-refractivity contribution in [3.63, 3.8) is 0 Å². The Hall–Kier alpha value is -9.90. The molecule has 1 aromatic heterocycles. The first-order valence-corrected chi connectivity index (χ1v) is 25.7. The third kappa shape index (κ3) is 6.56. The van der Waals surface area contributed by atoms with Crippen LogP contribution in [-0.2, 0) is 5.41 Å². The normalized spacial score (nSPS) is 12.7. The van der Waals surface area contributed by atoms with Crippen LogP contribution in [0, 0.1) is 0 Å². The lowest BCUT2D eigenvalue weighted by Gasteiger charge is -2.35. The number of nitrogens with zero attached hydrogens (tertiary/aromatic N) is 2. The lowest BCUT2D eigenvalue weighted by molar-refractivity contribution is 0.487. The molecule has 75 heavy (non-hydrogen) atoms.